The summed E-state index contributed by atoms with van der Waals surface area (Å²) >= 11 is 17.5. The van der Waals surface area contributed by atoms with E-state index in [9.17, 15) is 0 Å². The molecule has 2 rings (SSSR count). The predicted molar refractivity (Wildman–Crippen MR) is 61.9 cm³/mol. The average Bonchev–Trinajstić information content (AvgIpc) is 2.16. The van der Waals surface area contributed by atoms with Crippen LogP contribution in [0.1, 0.15) is 19.3 Å². The molecule has 0 amide bonds. The molecule has 14 heavy (non-hydrogen) atoms. The van der Waals surface area contributed by atoms with Crippen molar-refractivity contribution in [1.82, 2.24) is 4.90 Å². The molecule has 0 atom stereocenters. The number of rotatable bonds is 0. The Hall–Kier alpha value is 0.150. The maximum atomic E-state index is 5.84. The highest BCUT2D eigenvalue weighted by Crippen LogP contribution is 2.38. The summed E-state index contributed by atoms with van der Waals surface area (Å²) in [5, 5.41) is 0. The van der Waals surface area contributed by atoms with Crippen LogP contribution >= 0.6 is 34.8 Å². The van der Waals surface area contributed by atoms with Gasteiger partial charge in [0.15, 0.2) is 0 Å². The second-order valence-electron chi connectivity index (χ2n) is 3.70. The predicted octanol–water partition coefficient (Wildman–Crippen LogP) is 3.67. The lowest BCUT2D eigenvalue weighted by atomic mass is 10.0. The van der Waals surface area contributed by atoms with Gasteiger partial charge in [0.1, 0.15) is 0 Å². The molecule has 0 radical (unpaired) electrons. The summed E-state index contributed by atoms with van der Waals surface area (Å²) < 4.78 is -1.27. The van der Waals surface area contributed by atoms with Crippen LogP contribution in [0.25, 0.3) is 0 Å². The van der Waals surface area contributed by atoms with Crippen molar-refractivity contribution in [2.75, 3.05) is 13.1 Å². The van der Waals surface area contributed by atoms with Crippen molar-refractivity contribution in [3.8, 4) is 0 Å². The van der Waals surface area contributed by atoms with Gasteiger partial charge in [0.05, 0.1) is 0 Å². The van der Waals surface area contributed by atoms with E-state index in [1.165, 1.54) is 18.5 Å². The Bertz CT molecular complexity index is 288. The van der Waals surface area contributed by atoms with Crippen molar-refractivity contribution >= 4 is 34.8 Å². The summed E-state index contributed by atoms with van der Waals surface area (Å²) in [5.41, 5.74) is 2.13. The Morgan fingerprint density at radius 1 is 1.21 bits per heavy atom. The first-order valence-corrected chi connectivity index (χ1v) is 5.93. The fourth-order valence-corrected chi connectivity index (χ4v) is 2.32. The summed E-state index contributed by atoms with van der Waals surface area (Å²) in [5.74, 6) is 0. The number of fused-ring (bicyclic) bond motifs is 1. The van der Waals surface area contributed by atoms with E-state index in [-0.39, 0.29) is 0 Å². The third kappa shape index (κ3) is 2.21. The quantitative estimate of drug-likeness (QED) is 0.595. The van der Waals surface area contributed by atoms with Crippen molar-refractivity contribution in [3.05, 3.63) is 23.4 Å². The molecule has 2 aliphatic heterocycles. The van der Waals surface area contributed by atoms with Crippen LogP contribution in [-0.2, 0) is 0 Å². The Balaban J connectivity index is 2.18. The molecule has 0 spiro atoms. The van der Waals surface area contributed by atoms with E-state index in [0.717, 1.165) is 25.1 Å². The van der Waals surface area contributed by atoms with E-state index in [1.54, 1.807) is 0 Å². The van der Waals surface area contributed by atoms with Crippen LogP contribution in [0.4, 0.5) is 0 Å². The molecule has 1 fully saturated rings. The normalized spacial score (nSPS) is 22.6. The number of nitrogens with zero attached hydrogens (tertiary/aromatic N) is 1. The standard InChI is InChI=1S/C10H12Cl3N/c11-10(12,13)8-4-6-14-5-2-1-3-9(14)7-8/h4,7H,1-3,5-6H2. The van der Waals surface area contributed by atoms with Gasteiger partial charge < -0.3 is 4.90 Å². The minimum atomic E-state index is -1.27. The maximum absolute atomic E-state index is 5.84. The molecule has 1 saturated heterocycles. The van der Waals surface area contributed by atoms with Crippen molar-refractivity contribution in [2.45, 2.75) is 23.1 Å². The molecule has 0 unspecified atom stereocenters. The van der Waals surface area contributed by atoms with Gasteiger partial charge in [-0.25, -0.2) is 0 Å². The Morgan fingerprint density at radius 3 is 2.71 bits per heavy atom. The minimum absolute atomic E-state index is 0.815. The summed E-state index contributed by atoms with van der Waals surface area (Å²) in [6.07, 6.45) is 7.65. The van der Waals surface area contributed by atoms with Gasteiger partial charge in [0, 0.05) is 24.4 Å². The third-order valence-electron chi connectivity index (χ3n) is 2.70. The molecular weight excluding hydrogens is 240 g/mol. The molecule has 0 aliphatic carbocycles. The molecule has 78 valence electrons. The molecule has 0 aromatic heterocycles. The van der Waals surface area contributed by atoms with E-state index >= 15 is 0 Å². The highest BCUT2D eigenvalue weighted by Gasteiger charge is 2.28. The van der Waals surface area contributed by atoms with Gasteiger partial charge in [-0.1, -0.05) is 40.9 Å². The second kappa shape index (κ2) is 3.96. The number of piperidine rings is 1. The van der Waals surface area contributed by atoms with Crippen molar-refractivity contribution in [2.24, 2.45) is 0 Å². The zero-order valence-corrected chi connectivity index (χ0v) is 10.0. The SMILES string of the molecule is ClC(Cl)(Cl)C1=CCN2CCCCC2=C1. The topological polar surface area (TPSA) is 3.24 Å². The van der Waals surface area contributed by atoms with Crippen molar-refractivity contribution in [1.29, 1.82) is 0 Å². The van der Waals surface area contributed by atoms with E-state index in [0.29, 0.717) is 0 Å². The van der Waals surface area contributed by atoms with Gasteiger partial charge in [-0.15, -0.1) is 0 Å². The second-order valence-corrected chi connectivity index (χ2v) is 5.98. The molecule has 0 aromatic rings. The molecule has 0 saturated carbocycles. The number of alkyl halides is 3. The Morgan fingerprint density at radius 2 is 2.00 bits per heavy atom. The number of allylic oxidation sites excluding steroid dienone is 3. The Labute approximate surface area is 99.3 Å². The molecule has 4 heteroatoms. The van der Waals surface area contributed by atoms with Crippen molar-refractivity contribution < 1.29 is 0 Å². The summed E-state index contributed by atoms with van der Waals surface area (Å²) in [6, 6.07) is 0. The molecular formula is C10H12Cl3N. The highest BCUT2D eigenvalue weighted by atomic mass is 35.6. The van der Waals surface area contributed by atoms with Crippen LogP contribution in [0, 0.1) is 0 Å². The van der Waals surface area contributed by atoms with Gasteiger partial charge >= 0.3 is 0 Å². The number of halogens is 3. The van der Waals surface area contributed by atoms with Gasteiger partial charge in [0.2, 0.25) is 3.79 Å². The van der Waals surface area contributed by atoms with Crippen LogP contribution in [0.5, 0.6) is 0 Å². The van der Waals surface area contributed by atoms with Crippen LogP contribution in [0.2, 0.25) is 0 Å². The van der Waals surface area contributed by atoms with Crippen molar-refractivity contribution in [3.63, 3.8) is 0 Å². The zero-order valence-electron chi connectivity index (χ0n) is 7.77. The van der Waals surface area contributed by atoms with Crippen LogP contribution < -0.4 is 0 Å². The van der Waals surface area contributed by atoms with E-state index < -0.39 is 3.79 Å². The fourth-order valence-electron chi connectivity index (χ4n) is 1.93. The number of hydrogen-bond acceptors (Lipinski definition) is 1. The van der Waals surface area contributed by atoms with Crippen LogP contribution in [0.15, 0.2) is 23.4 Å². The van der Waals surface area contributed by atoms with Gasteiger partial charge in [-0.3, -0.25) is 0 Å². The maximum Gasteiger partial charge on any atom is 0.215 e. The molecule has 2 heterocycles. The van der Waals surface area contributed by atoms with E-state index in [1.807, 2.05) is 12.2 Å². The largest absolute Gasteiger partial charge is 0.371 e. The molecule has 1 nitrogen and oxygen atoms in total. The smallest absolute Gasteiger partial charge is 0.215 e. The van der Waals surface area contributed by atoms with Gasteiger partial charge in [-0.05, 0) is 25.3 Å². The lowest BCUT2D eigenvalue weighted by molar-refractivity contribution is 0.312. The van der Waals surface area contributed by atoms with Crippen LogP contribution in [-0.4, -0.2) is 21.8 Å². The summed E-state index contributed by atoms with van der Waals surface area (Å²) in [7, 11) is 0. The molecule has 0 aromatic carbocycles. The van der Waals surface area contributed by atoms with Crippen LogP contribution in [0.3, 0.4) is 0 Å². The lowest BCUT2D eigenvalue weighted by Gasteiger charge is -2.34. The fraction of sp³-hybridized carbons (Fsp3) is 0.600. The first-order valence-electron chi connectivity index (χ1n) is 4.80. The van der Waals surface area contributed by atoms with E-state index in [4.69, 9.17) is 34.8 Å². The first kappa shape index (κ1) is 10.7. The molecule has 0 bridgehead atoms. The third-order valence-corrected chi connectivity index (χ3v) is 3.35. The monoisotopic (exact) mass is 251 g/mol. The van der Waals surface area contributed by atoms with Gasteiger partial charge in [0.25, 0.3) is 0 Å². The zero-order chi connectivity index (χ0) is 10.2. The minimum Gasteiger partial charge on any atom is -0.371 e. The Kier molecular flexibility index (Phi) is 3.01. The summed E-state index contributed by atoms with van der Waals surface area (Å²) in [4.78, 5) is 2.35. The average molecular weight is 253 g/mol. The van der Waals surface area contributed by atoms with E-state index in [2.05, 4.69) is 4.90 Å². The molecule has 2 aliphatic rings. The lowest BCUT2D eigenvalue weighted by Crippen LogP contribution is -2.31. The highest BCUT2D eigenvalue weighted by molar-refractivity contribution is 6.69. The molecule has 0 N–H and O–H groups in total. The van der Waals surface area contributed by atoms with Gasteiger partial charge in [-0.2, -0.15) is 0 Å². The first-order chi connectivity index (χ1) is 6.57. The number of hydrogen-bond donors (Lipinski definition) is 0. The summed E-state index contributed by atoms with van der Waals surface area (Å²) in [6.45, 7) is 2.02.